The average molecular weight is 240 g/mol. The Morgan fingerprint density at radius 3 is 2.83 bits per heavy atom. The number of benzene rings is 1. The fraction of sp³-hybridized carbons (Fsp3) is 0.375. The van der Waals surface area contributed by atoms with E-state index in [9.17, 15) is 0 Å². The second-order valence-corrected chi connectivity index (χ2v) is 5.34. The molecule has 1 aromatic heterocycles. The van der Waals surface area contributed by atoms with Crippen LogP contribution < -0.4 is 5.73 Å². The number of nitrogens with two attached hydrogens (primary N) is 1. The van der Waals surface area contributed by atoms with Gasteiger partial charge in [-0.25, -0.2) is 0 Å². The van der Waals surface area contributed by atoms with Gasteiger partial charge in [-0.2, -0.15) is 0 Å². The summed E-state index contributed by atoms with van der Waals surface area (Å²) in [7, 11) is 0. The van der Waals surface area contributed by atoms with E-state index in [1.807, 2.05) is 0 Å². The zero-order chi connectivity index (χ0) is 12.7. The highest BCUT2D eigenvalue weighted by atomic mass is 15.0. The number of nitrogens with zero attached hydrogens (tertiary/aromatic N) is 1. The van der Waals surface area contributed by atoms with Crippen molar-refractivity contribution in [2.24, 2.45) is 5.73 Å². The molecule has 0 fully saturated rings. The van der Waals surface area contributed by atoms with Crippen molar-refractivity contribution in [1.29, 1.82) is 0 Å². The number of rotatable bonds is 3. The molecule has 0 saturated heterocycles. The molecule has 18 heavy (non-hydrogen) atoms. The molecular formula is C16H20N2. The van der Waals surface area contributed by atoms with Gasteiger partial charge in [-0.1, -0.05) is 19.1 Å². The van der Waals surface area contributed by atoms with Gasteiger partial charge in [-0.3, -0.25) is 0 Å². The highest BCUT2D eigenvalue weighted by Crippen LogP contribution is 2.38. The first-order valence-electron chi connectivity index (χ1n) is 6.74. The zero-order valence-electron chi connectivity index (χ0n) is 11.1. The monoisotopic (exact) mass is 240 g/mol. The first-order chi connectivity index (χ1) is 8.69. The van der Waals surface area contributed by atoms with Crippen LogP contribution in [0.25, 0.3) is 11.3 Å². The molecule has 2 nitrogen and oxygen atoms in total. The number of fused-ring (bicyclic) bond motifs is 3. The summed E-state index contributed by atoms with van der Waals surface area (Å²) in [5.74, 6) is 0. The number of aryl methyl sites for hydroxylation is 1. The van der Waals surface area contributed by atoms with Crippen molar-refractivity contribution in [2.45, 2.75) is 39.3 Å². The van der Waals surface area contributed by atoms with Gasteiger partial charge in [0.25, 0.3) is 0 Å². The molecule has 1 aliphatic carbocycles. The molecule has 2 aromatic rings. The van der Waals surface area contributed by atoms with Crippen LogP contribution in [-0.2, 0) is 19.4 Å². The van der Waals surface area contributed by atoms with Gasteiger partial charge < -0.3 is 10.3 Å². The lowest BCUT2D eigenvalue weighted by molar-refractivity contribution is 0.596. The Balaban J connectivity index is 2.09. The van der Waals surface area contributed by atoms with E-state index >= 15 is 0 Å². The van der Waals surface area contributed by atoms with E-state index in [1.165, 1.54) is 27.9 Å². The Morgan fingerprint density at radius 1 is 1.28 bits per heavy atom. The second-order valence-electron chi connectivity index (χ2n) is 5.34. The molecule has 0 aliphatic heterocycles. The lowest BCUT2D eigenvalue weighted by atomic mass is 10.0. The van der Waals surface area contributed by atoms with Gasteiger partial charge in [-0.15, -0.1) is 0 Å². The van der Waals surface area contributed by atoms with Crippen LogP contribution in [0, 0.1) is 0 Å². The van der Waals surface area contributed by atoms with Crippen LogP contribution in [0.4, 0.5) is 0 Å². The van der Waals surface area contributed by atoms with Gasteiger partial charge in [-0.05, 0) is 42.2 Å². The van der Waals surface area contributed by atoms with E-state index in [0.717, 1.165) is 19.4 Å². The molecule has 2 N–H and O–H groups in total. The molecule has 2 heteroatoms. The minimum absolute atomic E-state index is 0.194. The van der Waals surface area contributed by atoms with E-state index in [4.69, 9.17) is 5.73 Å². The van der Waals surface area contributed by atoms with Crippen molar-refractivity contribution < 1.29 is 0 Å². The first kappa shape index (κ1) is 11.5. The fourth-order valence-corrected chi connectivity index (χ4v) is 2.87. The van der Waals surface area contributed by atoms with E-state index in [0.29, 0.717) is 0 Å². The van der Waals surface area contributed by atoms with Gasteiger partial charge in [0.2, 0.25) is 0 Å². The van der Waals surface area contributed by atoms with Crippen LogP contribution in [-0.4, -0.2) is 10.6 Å². The molecule has 0 amide bonds. The number of hydrogen-bond acceptors (Lipinski definition) is 1. The van der Waals surface area contributed by atoms with Crippen molar-refractivity contribution in [1.82, 2.24) is 4.57 Å². The van der Waals surface area contributed by atoms with E-state index in [2.05, 4.69) is 48.9 Å². The predicted molar refractivity (Wildman–Crippen MR) is 75.7 cm³/mol. The molecular weight excluding hydrogens is 220 g/mol. The van der Waals surface area contributed by atoms with Gasteiger partial charge in [0.15, 0.2) is 0 Å². The Bertz CT molecular complexity index is 579. The summed E-state index contributed by atoms with van der Waals surface area (Å²) >= 11 is 0. The van der Waals surface area contributed by atoms with Gasteiger partial charge >= 0.3 is 0 Å². The Morgan fingerprint density at radius 2 is 2.11 bits per heavy atom. The third-order valence-corrected chi connectivity index (χ3v) is 3.75. The lowest BCUT2D eigenvalue weighted by Crippen LogP contribution is -2.22. The van der Waals surface area contributed by atoms with Crippen LogP contribution in [0.5, 0.6) is 0 Å². The first-order valence-corrected chi connectivity index (χ1v) is 6.74. The lowest BCUT2D eigenvalue weighted by Gasteiger charge is -2.12. The molecule has 1 aliphatic rings. The third-order valence-electron chi connectivity index (χ3n) is 3.75. The Labute approximate surface area is 108 Å². The van der Waals surface area contributed by atoms with E-state index in [1.54, 1.807) is 0 Å². The zero-order valence-corrected chi connectivity index (χ0v) is 11.1. The van der Waals surface area contributed by atoms with Crippen molar-refractivity contribution in [2.75, 3.05) is 0 Å². The third kappa shape index (κ3) is 1.77. The fourth-order valence-electron chi connectivity index (χ4n) is 2.87. The van der Waals surface area contributed by atoms with Crippen LogP contribution in [0.3, 0.4) is 0 Å². The molecule has 1 atom stereocenters. The number of aromatic nitrogens is 1. The molecule has 0 saturated carbocycles. The van der Waals surface area contributed by atoms with Crippen molar-refractivity contribution >= 4 is 0 Å². The summed E-state index contributed by atoms with van der Waals surface area (Å²) in [6, 6.07) is 9.31. The SMILES string of the molecule is CCc1ccc2c(c1)-c1c(ccn1CC(C)N)C2. The molecule has 3 rings (SSSR count). The van der Waals surface area contributed by atoms with E-state index < -0.39 is 0 Å². The molecule has 94 valence electrons. The predicted octanol–water partition coefficient (Wildman–Crippen LogP) is 2.97. The maximum Gasteiger partial charge on any atom is 0.0519 e. The normalized spacial score (nSPS) is 14.4. The molecule has 1 aromatic carbocycles. The van der Waals surface area contributed by atoms with E-state index in [-0.39, 0.29) is 6.04 Å². The number of hydrogen-bond donors (Lipinski definition) is 1. The van der Waals surface area contributed by atoms with Gasteiger partial charge in [0.05, 0.1) is 5.69 Å². The van der Waals surface area contributed by atoms with Crippen molar-refractivity contribution in [3.8, 4) is 11.3 Å². The minimum Gasteiger partial charge on any atom is -0.346 e. The van der Waals surface area contributed by atoms with Crippen LogP contribution >= 0.6 is 0 Å². The molecule has 1 unspecified atom stereocenters. The summed E-state index contributed by atoms with van der Waals surface area (Å²) in [4.78, 5) is 0. The van der Waals surface area contributed by atoms with Crippen LogP contribution in [0.1, 0.15) is 30.5 Å². The van der Waals surface area contributed by atoms with Crippen LogP contribution in [0.2, 0.25) is 0 Å². The van der Waals surface area contributed by atoms with Crippen LogP contribution in [0.15, 0.2) is 30.5 Å². The Kier molecular flexibility index (Phi) is 2.75. The van der Waals surface area contributed by atoms with Gasteiger partial charge in [0, 0.05) is 30.8 Å². The summed E-state index contributed by atoms with van der Waals surface area (Å²) in [5, 5.41) is 0. The summed E-state index contributed by atoms with van der Waals surface area (Å²) < 4.78 is 2.31. The minimum atomic E-state index is 0.194. The summed E-state index contributed by atoms with van der Waals surface area (Å²) in [6.45, 7) is 5.16. The molecule has 0 spiro atoms. The highest BCUT2D eigenvalue weighted by Gasteiger charge is 2.22. The molecule has 0 radical (unpaired) electrons. The molecule has 1 heterocycles. The summed E-state index contributed by atoms with van der Waals surface area (Å²) in [6.07, 6.45) is 4.34. The quantitative estimate of drug-likeness (QED) is 0.749. The standard InChI is InChI=1S/C16H20N2/c1-3-12-4-5-13-9-14-6-7-18(10-11(2)17)16(14)15(13)8-12/h4-8,11H,3,9-10,17H2,1-2H3. The smallest absolute Gasteiger partial charge is 0.0519 e. The topological polar surface area (TPSA) is 30.9 Å². The van der Waals surface area contributed by atoms with Crippen molar-refractivity contribution in [3.05, 3.63) is 47.2 Å². The van der Waals surface area contributed by atoms with Gasteiger partial charge in [0.1, 0.15) is 0 Å². The Hall–Kier alpha value is -1.54. The largest absolute Gasteiger partial charge is 0.346 e. The highest BCUT2D eigenvalue weighted by molar-refractivity contribution is 5.75. The maximum absolute atomic E-state index is 5.93. The summed E-state index contributed by atoms with van der Waals surface area (Å²) in [5.41, 5.74) is 13.0. The second kappa shape index (κ2) is 4.29. The average Bonchev–Trinajstić information content (AvgIpc) is 2.88. The maximum atomic E-state index is 5.93. The molecule has 0 bridgehead atoms. The van der Waals surface area contributed by atoms with Crippen molar-refractivity contribution in [3.63, 3.8) is 0 Å².